The Morgan fingerprint density at radius 3 is 2.11 bits per heavy atom. The van der Waals surface area contributed by atoms with Gasteiger partial charge in [0.15, 0.2) is 0 Å². The van der Waals surface area contributed by atoms with Crippen LogP contribution in [-0.2, 0) is 4.74 Å². The Hall–Kier alpha value is -1.87. The van der Waals surface area contributed by atoms with E-state index < -0.39 is 0 Å². The van der Waals surface area contributed by atoms with E-state index in [1.807, 2.05) is 72.9 Å². The summed E-state index contributed by atoms with van der Waals surface area (Å²) in [5, 5.41) is 1.18. The number of fused-ring (bicyclic) bond motifs is 1. The molecule has 0 N–H and O–H groups in total. The standard InChI is InChI=1S/C15H18N2.C5H12O.2C2H6/c1-5-8-11(3)17-12(4)13(6-2)14-9-7-10-16-15(14)17;1-5(2,3)6-4;2*1-2/h5-7,9-11H,1-2,8H2,3-4H3;1-4H3;2*1-2H3. The van der Waals surface area contributed by atoms with Gasteiger partial charge in [-0.15, -0.1) is 6.58 Å². The van der Waals surface area contributed by atoms with Crippen LogP contribution in [0.4, 0.5) is 0 Å². The van der Waals surface area contributed by atoms with Crippen molar-refractivity contribution in [2.24, 2.45) is 0 Å². The highest BCUT2D eigenvalue weighted by Gasteiger charge is 2.15. The number of ether oxygens (including phenoxy) is 1. The number of pyridine rings is 1. The first kappa shape index (κ1) is 27.3. The second kappa shape index (κ2) is 14.2. The lowest BCUT2D eigenvalue weighted by molar-refractivity contribution is 0.0397. The van der Waals surface area contributed by atoms with Gasteiger partial charge in [-0.3, -0.25) is 0 Å². The van der Waals surface area contributed by atoms with Crippen molar-refractivity contribution in [1.29, 1.82) is 0 Å². The lowest BCUT2D eigenvalue weighted by atomic mass is 10.2. The van der Waals surface area contributed by atoms with Crippen LogP contribution in [0.2, 0.25) is 0 Å². The SMILES string of the molecule is C=CCC(C)n1c(C)c(C=C)c2cccnc21.CC.CC.COC(C)(C)C. The molecule has 1 atom stereocenters. The summed E-state index contributed by atoms with van der Waals surface area (Å²) in [6.07, 6.45) is 6.65. The summed E-state index contributed by atoms with van der Waals surface area (Å²) in [4.78, 5) is 4.49. The molecule has 0 radical (unpaired) electrons. The lowest BCUT2D eigenvalue weighted by Crippen LogP contribution is -2.15. The average molecular weight is 375 g/mol. The molecular weight excluding hydrogens is 332 g/mol. The van der Waals surface area contributed by atoms with Crippen molar-refractivity contribution < 1.29 is 4.74 Å². The highest BCUT2D eigenvalue weighted by molar-refractivity contribution is 5.88. The zero-order chi connectivity index (χ0) is 21.6. The lowest BCUT2D eigenvalue weighted by Gasteiger charge is -2.15. The third-order valence-electron chi connectivity index (χ3n) is 3.82. The summed E-state index contributed by atoms with van der Waals surface area (Å²) in [5.41, 5.74) is 3.49. The van der Waals surface area contributed by atoms with Crippen LogP contribution < -0.4 is 0 Å². The minimum Gasteiger partial charge on any atom is -0.379 e. The Morgan fingerprint density at radius 1 is 1.19 bits per heavy atom. The average Bonchev–Trinajstić information content (AvgIpc) is 2.96. The molecule has 154 valence electrons. The van der Waals surface area contributed by atoms with Gasteiger partial charge in [-0.2, -0.15) is 0 Å². The molecule has 0 aromatic carbocycles. The first-order chi connectivity index (χ1) is 12.8. The van der Waals surface area contributed by atoms with E-state index in [0.717, 1.165) is 12.1 Å². The van der Waals surface area contributed by atoms with Gasteiger partial charge in [0.1, 0.15) is 5.65 Å². The minimum atomic E-state index is 0.0417. The summed E-state index contributed by atoms with van der Waals surface area (Å²) < 4.78 is 7.21. The van der Waals surface area contributed by atoms with E-state index in [-0.39, 0.29) is 5.60 Å². The van der Waals surface area contributed by atoms with Crippen LogP contribution in [0.15, 0.2) is 37.6 Å². The van der Waals surface area contributed by atoms with E-state index in [0.29, 0.717) is 6.04 Å². The van der Waals surface area contributed by atoms with Gasteiger partial charge in [-0.25, -0.2) is 4.98 Å². The van der Waals surface area contributed by atoms with Gasteiger partial charge in [-0.1, -0.05) is 46.4 Å². The van der Waals surface area contributed by atoms with E-state index in [4.69, 9.17) is 4.74 Å². The van der Waals surface area contributed by atoms with E-state index in [2.05, 4.69) is 42.6 Å². The molecule has 0 aliphatic heterocycles. The molecule has 1 unspecified atom stereocenters. The van der Waals surface area contributed by atoms with Crippen molar-refractivity contribution in [3.8, 4) is 0 Å². The van der Waals surface area contributed by atoms with Crippen molar-refractivity contribution in [3.63, 3.8) is 0 Å². The highest BCUT2D eigenvalue weighted by atomic mass is 16.5. The highest BCUT2D eigenvalue weighted by Crippen LogP contribution is 2.29. The summed E-state index contributed by atoms with van der Waals surface area (Å²) in [6, 6.07) is 4.44. The zero-order valence-corrected chi connectivity index (χ0v) is 19.4. The maximum Gasteiger partial charge on any atom is 0.140 e. The van der Waals surface area contributed by atoms with Gasteiger partial charge in [0, 0.05) is 36.0 Å². The first-order valence-electron chi connectivity index (χ1n) is 10.0. The fourth-order valence-corrected chi connectivity index (χ4v) is 2.43. The number of nitrogens with zero attached hydrogens (tertiary/aromatic N) is 2. The first-order valence-corrected chi connectivity index (χ1v) is 10.0. The molecule has 0 aliphatic rings. The molecule has 2 aromatic rings. The molecule has 3 nitrogen and oxygen atoms in total. The minimum absolute atomic E-state index is 0.0417. The fourth-order valence-electron chi connectivity index (χ4n) is 2.43. The van der Waals surface area contributed by atoms with Gasteiger partial charge in [0.2, 0.25) is 0 Å². The third kappa shape index (κ3) is 8.57. The van der Waals surface area contributed by atoms with Gasteiger partial charge < -0.3 is 9.30 Å². The molecule has 27 heavy (non-hydrogen) atoms. The molecule has 2 rings (SSSR count). The molecule has 0 saturated heterocycles. The number of aromatic nitrogens is 2. The largest absolute Gasteiger partial charge is 0.379 e. The Balaban J connectivity index is 0. The van der Waals surface area contributed by atoms with Crippen molar-refractivity contribution in [1.82, 2.24) is 9.55 Å². The van der Waals surface area contributed by atoms with E-state index >= 15 is 0 Å². The van der Waals surface area contributed by atoms with E-state index in [1.165, 1.54) is 16.6 Å². The van der Waals surface area contributed by atoms with Crippen molar-refractivity contribution in [2.75, 3.05) is 7.11 Å². The van der Waals surface area contributed by atoms with E-state index in [1.54, 1.807) is 7.11 Å². The Morgan fingerprint density at radius 2 is 1.70 bits per heavy atom. The Kier molecular flexibility index (Phi) is 14.4. The number of hydrogen-bond donors (Lipinski definition) is 0. The van der Waals surface area contributed by atoms with Gasteiger partial charge in [0.25, 0.3) is 0 Å². The summed E-state index contributed by atoms with van der Waals surface area (Å²) >= 11 is 0. The van der Waals surface area contributed by atoms with Crippen LogP contribution in [0.3, 0.4) is 0 Å². The van der Waals surface area contributed by atoms with Crippen LogP contribution in [0.5, 0.6) is 0 Å². The number of rotatable bonds is 4. The summed E-state index contributed by atoms with van der Waals surface area (Å²) in [5.74, 6) is 0. The third-order valence-corrected chi connectivity index (χ3v) is 3.82. The Bertz CT molecular complexity index is 663. The summed E-state index contributed by atoms with van der Waals surface area (Å²) in [7, 11) is 1.71. The second-order valence-electron chi connectivity index (χ2n) is 6.64. The van der Waals surface area contributed by atoms with Crippen LogP contribution in [-0.4, -0.2) is 22.3 Å². The Labute approximate surface area is 168 Å². The molecule has 0 saturated carbocycles. The van der Waals surface area contributed by atoms with Gasteiger partial charge in [0.05, 0.1) is 5.60 Å². The monoisotopic (exact) mass is 374 g/mol. The molecule has 0 spiro atoms. The van der Waals surface area contributed by atoms with Crippen molar-refractivity contribution >= 4 is 17.1 Å². The maximum absolute atomic E-state index is 4.94. The smallest absolute Gasteiger partial charge is 0.140 e. The zero-order valence-electron chi connectivity index (χ0n) is 19.4. The quantitative estimate of drug-likeness (QED) is 0.515. The number of methoxy groups -OCH3 is 1. The predicted octanol–water partition coefficient (Wildman–Crippen LogP) is 7.61. The number of hydrogen-bond acceptors (Lipinski definition) is 2. The molecule has 0 aliphatic carbocycles. The number of allylic oxidation sites excluding steroid dienone is 1. The van der Waals surface area contributed by atoms with Crippen molar-refractivity contribution in [2.45, 2.75) is 80.4 Å². The van der Waals surface area contributed by atoms with E-state index in [9.17, 15) is 0 Å². The fraction of sp³-hybridized carbons (Fsp3) is 0.542. The van der Waals surface area contributed by atoms with Crippen LogP contribution in [0.25, 0.3) is 17.1 Å². The molecule has 0 bridgehead atoms. The molecule has 2 heterocycles. The summed E-state index contributed by atoms with van der Waals surface area (Å²) in [6.45, 7) is 26.1. The van der Waals surface area contributed by atoms with Crippen LogP contribution in [0.1, 0.15) is 79.1 Å². The van der Waals surface area contributed by atoms with Gasteiger partial charge >= 0.3 is 0 Å². The predicted molar refractivity (Wildman–Crippen MR) is 124 cm³/mol. The molecular formula is C24H42N2O. The molecule has 3 heteroatoms. The normalized spacial score (nSPS) is 11.0. The van der Waals surface area contributed by atoms with Crippen LogP contribution in [0, 0.1) is 6.92 Å². The topological polar surface area (TPSA) is 27.1 Å². The second-order valence-corrected chi connectivity index (χ2v) is 6.64. The molecule has 2 aromatic heterocycles. The van der Waals surface area contributed by atoms with Crippen molar-refractivity contribution in [3.05, 3.63) is 48.8 Å². The maximum atomic E-state index is 4.94. The van der Waals surface area contributed by atoms with Crippen LogP contribution >= 0.6 is 0 Å². The molecule has 0 fully saturated rings. The molecule has 0 amide bonds. The van der Waals surface area contributed by atoms with Gasteiger partial charge in [-0.05, 0) is 53.2 Å².